The van der Waals surface area contributed by atoms with Crippen LogP contribution in [0.5, 0.6) is 5.75 Å². The number of H-pyrrole nitrogens is 1. The lowest BCUT2D eigenvalue weighted by Crippen LogP contribution is -2.02. The maximum atomic E-state index is 11.3. The fraction of sp³-hybridized carbons (Fsp3) is 0. The smallest absolute Gasteiger partial charge is 0.278 e. The molecule has 92 valence electrons. The second kappa shape index (κ2) is 5.14. The summed E-state index contributed by atoms with van der Waals surface area (Å²) >= 11 is 7.45. The second-order valence-corrected chi connectivity index (χ2v) is 5.79. The van der Waals surface area contributed by atoms with Gasteiger partial charge in [-0.05, 0) is 55.5 Å². The quantitative estimate of drug-likeness (QED) is 0.686. The molecule has 0 aliphatic carbocycles. The molecule has 18 heavy (non-hydrogen) atoms. The standard InChI is InChI=1S/C10H5Br2N3O2S/c11-6-1-4(2-7(12)8(6)16)14-10-5(3-13)9(17)15-18-10/h1-2,14,16H,(H,15,17). The van der Waals surface area contributed by atoms with Crippen LogP contribution in [0.4, 0.5) is 10.7 Å². The van der Waals surface area contributed by atoms with Gasteiger partial charge in [0.25, 0.3) is 5.56 Å². The Morgan fingerprint density at radius 1 is 1.39 bits per heavy atom. The predicted molar refractivity (Wildman–Crippen MR) is 76.4 cm³/mol. The molecule has 0 radical (unpaired) electrons. The van der Waals surface area contributed by atoms with Gasteiger partial charge in [-0.15, -0.1) is 0 Å². The molecule has 1 aromatic heterocycles. The van der Waals surface area contributed by atoms with Crippen LogP contribution in [0.1, 0.15) is 5.56 Å². The number of phenolic OH excluding ortho intramolecular Hbond substituents is 1. The Bertz CT molecular complexity index is 679. The van der Waals surface area contributed by atoms with Crippen LogP contribution in [0.25, 0.3) is 0 Å². The van der Waals surface area contributed by atoms with Crippen LogP contribution in [0.3, 0.4) is 0 Å². The van der Waals surface area contributed by atoms with Crippen LogP contribution in [-0.2, 0) is 0 Å². The van der Waals surface area contributed by atoms with E-state index in [4.69, 9.17) is 5.26 Å². The normalized spacial score (nSPS) is 10.1. The van der Waals surface area contributed by atoms with Gasteiger partial charge in [-0.1, -0.05) is 0 Å². The van der Waals surface area contributed by atoms with Gasteiger partial charge in [0.2, 0.25) is 0 Å². The average molecular weight is 391 g/mol. The van der Waals surface area contributed by atoms with Gasteiger partial charge in [-0.3, -0.25) is 9.17 Å². The molecule has 0 saturated heterocycles. The molecular weight excluding hydrogens is 386 g/mol. The highest BCUT2D eigenvalue weighted by molar-refractivity contribution is 9.11. The zero-order chi connectivity index (χ0) is 13.3. The van der Waals surface area contributed by atoms with Gasteiger partial charge < -0.3 is 10.4 Å². The zero-order valence-corrected chi connectivity index (χ0v) is 12.6. The van der Waals surface area contributed by atoms with Crippen LogP contribution in [0.2, 0.25) is 0 Å². The van der Waals surface area contributed by atoms with Gasteiger partial charge in [0.15, 0.2) is 5.56 Å². The number of nitrogens with one attached hydrogen (secondary N) is 2. The van der Waals surface area contributed by atoms with E-state index in [1.54, 1.807) is 12.1 Å². The number of nitrogens with zero attached hydrogens (tertiary/aromatic N) is 1. The molecule has 0 atom stereocenters. The monoisotopic (exact) mass is 389 g/mol. The SMILES string of the molecule is N#Cc1c(Nc2cc(Br)c(O)c(Br)c2)s[nH]c1=O. The summed E-state index contributed by atoms with van der Waals surface area (Å²) in [6, 6.07) is 5.12. The van der Waals surface area contributed by atoms with Crippen molar-refractivity contribution in [2.75, 3.05) is 5.32 Å². The van der Waals surface area contributed by atoms with E-state index in [0.29, 0.717) is 19.6 Å². The largest absolute Gasteiger partial charge is 0.506 e. The number of aromatic hydroxyl groups is 1. The first-order chi connectivity index (χ1) is 8.52. The number of aromatic nitrogens is 1. The van der Waals surface area contributed by atoms with Crippen LogP contribution in [-0.4, -0.2) is 9.48 Å². The molecule has 0 aliphatic rings. The minimum Gasteiger partial charge on any atom is -0.506 e. The molecule has 2 rings (SSSR count). The van der Waals surface area contributed by atoms with Crippen molar-refractivity contribution in [1.82, 2.24) is 4.37 Å². The van der Waals surface area contributed by atoms with Crippen LogP contribution >= 0.6 is 43.4 Å². The predicted octanol–water partition coefficient (Wildman–Crippen LogP) is 3.28. The lowest BCUT2D eigenvalue weighted by molar-refractivity contribution is 0.468. The van der Waals surface area contributed by atoms with Crippen molar-refractivity contribution in [3.05, 3.63) is 37.0 Å². The number of benzene rings is 1. The summed E-state index contributed by atoms with van der Waals surface area (Å²) < 4.78 is 3.48. The lowest BCUT2D eigenvalue weighted by atomic mass is 10.3. The molecule has 0 spiro atoms. The van der Waals surface area contributed by atoms with Gasteiger partial charge in [-0.2, -0.15) is 5.26 Å². The Kier molecular flexibility index (Phi) is 3.75. The van der Waals surface area contributed by atoms with Gasteiger partial charge in [0, 0.05) is 5.69 Å². The highest BCUT2D eigenvalue weighted by Crippen LogP contribution is 2.36. The maximum absolute atomic E-state index is 11.3. The number of nitriles is 1. The van der Waals surface area contributed by atoms with Crippen LogP contribution in [0, 0.1) is 11.3 Å². The minimum absolute atomic E-state index is 0.0420. The molecule has 1 aromatic carbocycles. The molecule has 3 N–H and O–H groups in total. The first-order valence-electron chi connectivity index (χ1n) is 4.59. The maximum Gasteiger partial charge on any atom is 0.278 e. The molecule has 0 amide bonds. The van der Waals surface area contributed by atoms with E-state index in [2.05, 4.69) is 41.6 Å². The Morgan fingerprint density at radius 2 is 2.00 bits per heavy atom. The van der Waals surface area contributed by atoms with Crippen molar-refractivity contribution in [1.29, 1.82) is 5.26 Å². The summed E-state index contributed by atoms with van der Waals surface area (Å²) in [5.41, 5.74) is 0.264. The molecular formula is C10H5Br2N3O2S. The highest BCUT2D eigenvalue weighted by Gasteiger charge is 2.12. The molecule has 0 unspecified atom stereocenters. The van der Waals surface area contributed by atoms with Crippen molar-refractivity contribution < 1.29 is 5.11 Å². The number of hydrogen-bond donors (Lipinski definition) is 3. The number of halogens is 2. The van der Waals surface area contributed by atoms with E-state index in [-0.39, 0.29) is 11.3 Å². The van der Waals surface area contributed by atoms with Gasteiger partial charge in [0.1, 0.15) is 16.8 Å². The Balaban J connectivity index is 2.41. The molecule has 0 fully saturated rings. The highest BCUT2D eigenvalue weighted by atomic mass is 79.9. The molecule has 5 nitrogen and oxygen atoms in total. The lowest BCUT2D eigenvalue weighted by Gasteiger charge is -2.07. The summed E-state index contributed by atoms with van der Waals surface area (Å²) in [4.78, 5) is 11.3. The summed E-state index contributed by atoms with van der Waals surface area (Å²) in [6.07, 6.45) is 0. The van der Waals surface area contributed by atoms with Gasteiger partial charge in [0.05, 0.1) is 8.95 Å². The third-order valence-electron chi connectivity index (χ3n) is 2.09. The van der Waals surface area contributed by atoms with Crippen molar-refractivity contribution in [3.63, 3.8) is 0 Å². The number of aromatic amines is 1. The van der Waals surface area contributed by atoms with E-state index in [0.717, 1.165) is 11.5 Å². The Hall–Kier alpha value is -1.30. The zero-order valence-electron chi connectivity index (χ0n) is 8.62. The molecule has 1 heterocycles. The molecule has 0 saturated carbocycles. The number of rotatable bonds is 2. The number of phenols is 1. The van der Waals surface area contributed by atoms with E-state index >= 15 is 0 Å². The van der Waals surface area contributed by atoms with E-state index in [1.165, 1.54) is 0 Å². The van der Waals surface area contributed by atoms with Crippen molar-refractivity contribution in [2.24, 2.45) is 0 Å². The molecule has 2 aromatic rings. The van der Waals surface area contributed by atoms with Gasteiger partial charge >= 0.3 is 0 Å². The minimum atomic E-state index is -0.415. The first-order valence-corrected chi connectivity index (χ1v) is 6.99. The summed E-state index contributed by atoms with van der Waals surface area (Å²) in [7, 11) is 0. The Labute approximate surface area is 122 Å². The first kappa shape index (κ1) is 13.1. The Morgan fingerprint density at radius 3 is 2.56 bits per heavy atom. The van der Waals surface area contributed by atoms with E-state index in [1.807, 2.05) is 6.07 Å². The fourth-order valence-corrected chi connectivity index (χ4v) is 3.15. The summed E-state index contributed by atoms with van der Waals surface area (Å²) in [5.74, 6) is 0.0864. The fourth-order valence-electron chi connectivity index (χ4n) is 1.26. The number of anilines is 2. The van der Waals surface area contributed by atoms with Gasteiger partial charge in [-0.25, -0.2) is 0 Å². The third kappa shape index (κ3) is 2.43. The summed E-state index contributed by atoms with van der Waals surface area (Å²) in [6.45, 7) is 0. The average Bonchev–Trinajstić information content (AvgIpc) is 2.66. The van der Waals surface area contributed by atoms with E-state index in [9.17, 15) is 9.90 Å². The molecule has 0 aliphatic heterocycles. The van der Waals surface area contributed by atoms with Crippen LogP contribution in [0.15, 0.2) is 25.9 Å². The second-order valence-electron chi connectivity index (χ2n) is 3.26. The van der Waals surface area contributed by atoms with Crippen molar-refractivity contribution in [3.8, 4) is 11.8 Å². The number of hydrogen-bond acceptors (Lipinski definition) is 5. The molecule has 0 bridgehead atoms. The third-order valence-corrected chi connectivity index (χ3v) is 4.09. The summed E-state index contributed by atoms with van der Waals surface area (Å²) in [5, 5.41) is 21.8. The topological polar surface area (TPSA) is 88.9 Å². The van der Waals surface area contributed by atoms with Crippen molar-refractivity contribution >= 4 is 54.1 Å². The van der Waals surface area contributed by atoms with E-state index < -0.39 is 5.56 Å². The molecule has 8 heteroatoms. The van der Waals surface area contributed by atoms with Crippen LogP contribution < -0.4 is 10.9 Å². The van der Waals surface area contributed by atoms with Crippen molar-refractivity contribution in [2.45, 2.75) is 0 Å².